The van der Waals surface area contributed by atoms with E-state index < -0.39 is 6.04 Å². The second kappa shape index (κ2) is 8.15. The molecule has 2 heterocycles. The fourth-order valence-corrected chi connectivity index (χ4v) is 4.78. The SMILES string of the molecule is COc1ccc(-c2nc3n(n2)C(c2ccc(Cl)cc2Cl)C2=C(CCCC2=O)N3)cc1OC. The lowest BCUT2D eigenvalue weighted by Gasteiger charge is -2.32. The fraction of sp³-hybridized carbons (Fsp3) is 0.261. The molecule has 1 aliphatic heterocycles. The van der Waals surface area contributed by atoms with Crippen LogP contribution >= 0.6 is 23.2 Å². The zero-order valence-corrected chi connectivity index (χ0v) is 19.0. The van der Waals surface area contributed by atoms with Crippen molar-refractivity contribution >= 4 is 34.9 Å². The van der Waals surface area contributed by atoms with Gasteiger partial charge >= 0.3 is 0 Å². The van der Waals surface area contributed by atoms with Crippen molar-refractivity contribution in [1.29, 1.82) is 0 Å². The molecule has 1 aliphatic carbocycles. The summed E-state index contributed by atoms with van der Waals surface area (Å²) >= 11 is 12.7. The molecular weight excluding hydrogens is 451 g/mol. The highest BCUT2D eigenvalue weighted by Crippen LogP contribution is 2.43. The predicted molar refractivity (Wildman–Crippen MR) is 123 cm³/mol. The van der Waals surface area contributed by atoms with Gasteiger partial charge in [0.25, 0.3) is 0 Å². The molecule has 1 atom stereocenters. The van der Waals surface area contributed by atoms with E-state index in [0.29, 0.717) is 45.3 Å². The molecule has 164 valence electrons. The van der Waals surface area contributed by atoms with Crippen molar-refractivity contribution in [2.75, 3.05) is 19.5 Å². The maximum absolute atomic E-state index is 13.0. The summed E-state index contributed by atoms with van der Waals surface area (Å²) in [5.41, 5.74) is 3.06. The maximum Gasteiger partial charge on any atom is 0.226 e. The first-order valence-corrected chi connectivity index (χ1v) is 10.9. The number of benzene rings is 2. The highest BCUT2D eigenvalue weighted by atomic mass is 35.5. The number of aromatic nitrogens is 3. The quantitative estimate of drug-likeness (QED) is 0.557. The summed E-state index contributed by atoms with van der Waals surface area (Å²) in [6.07, 6.45) is 2.05. The van der Waals surface area contributed by atoms with Crippen LogP contribution in [0.5, 0.6) is 11.5 Å². The molecule has 2 aromatic carbocycles. The summed E-state index contributed by atoms with van der Waals surface area (Å²) in [7, 11) is 3.17. The Kier molecular flexibility index (Phi) is 5.31. The number of ether oxygens (including phenoxy) is 2. The summed E-state index contributed by atoms with van der Waals surface area (Å²) in [5.74, 6) is 2.33. The van der Waals surface area contributed by atoms with Gasteiger partial charge in [0.2, 0.25) is 5.95 Å². The van der Waals surface area contributed by atoms with E-state index in [9.17, 15) is 4.79 Å². The van der Waals surface area contributed by atoms with Gasteiger partial charge in [-0.05, 0) is 43.2 Å². The molecule has 1 unspecified atom stereocenters. The Morgan fingerprint density at radius 3 is 2.62 bits per heavy atom. The minimum atomic E-state index is -0.486. The predicted octanol–water partition coefficient (Wildman–Crippen LogP) is 5.29. The molecule has 1 aromatic heterocycles. The topological polar surface area (TPSA) is 78.3 Å². The molecule has 0 radical (unpaired) electrons. The van der Waals surface area contributed by atoms with Crippen LogP contribution in [0.1, 0.15) is 30.9 Å². The number of hydrogen-bond acceptors (Lipinski definition) is 6. The van der Waals surface area contributed by atoms with E-state index in [-0.39, 0.29) is 5.78 Å². The summed E-state index contributed by atoms with van der Waals surface area (Å²) in [5, 5.41) is 9.10. The van der Waals surface area contributed by atoms with E-state index in [0.717, 1.165) is 29.7 Å². The van der Waals surface area contributed by atoms with E-state index in [4.69, 9.17) is 42.8 Å². The van der Waals surface area contributed by atoms with Crippen LogP contribution in [-0.2, 0) is 4.79 Å². The lowest BCUT2D eigenvalue weighted by atomic mass is 9.85. The molecule has 0 fully saturated rings. The van der Waals surface area contributed by atoms with Crippen molar-refractivity contribution in [3.63, 3.8) is 0 Å². The van der Waals surface area contributed by atoms with Gasteiger partial charge in [-0.1, -0.05) is 29.3 Å². The van der Waals surface area contributed by atoms with E-state index in [2.05, 4.69) is 5.32 Å². The zero-order valence-electron chi connectivity index (χ0n) is 17.5. The largest absolute Gasteiger partial charge is 0.493 e. The van der Waals surface area contributed by atoms with Gasteiger partial charge in [0, 0.05) is 38.9 Å². The van der Waals surface area contributed by atoms with Crippen LogP contribution in [-0.4, -0.2) is 34.8 Å². The molecule has 3 aromatic rings. The minimum Gasteiger partial charge on any atom is -0.493 e. The number of halogens is 2. The molecule has 0 spiro atoms. The van der Waals surface area contributed by atoms with Gasteiger partial charge in [-0.3, -0.25) is 4.79 Å². The van der Waals surface area contributed by atoms with E-state index in [1.165, 1.54) is 0 Å². The number of nitrogens with one attached hydrogen (secondary N) is 1. The third-order valence-electron chi connectivity index (χ3n) is 5.77. The number of rotatable bonds is 4. The first-order chi connectivity index (χ1) is 15.5. The Labute approximate surface area is 195 Å². The molecule has 0 bridgehead atoms. The number of allylic oxidation sites excluding steroid dienone is 2. The third-order valence-corrected chi connectivity index (χ3v) is 6.33. The van der Waals surface area contributed by atoms with Gasteiger partial charge in [0.1, 0.15) is 6.04 Å². The zero-order chi connectivity index (χ0) is 22.4. The maximum atomic E-state index is 13.0. The average Bonchev–Trinajstić information content (AvgIpc) is 3.21. The molecule has 2 aliphatic rings. The summed E-state index contributed by atoms with van der Waals surface area (Å²) in [6.45, 7) is 0. The molecule has 0 saturated carbocycles. The number of methoxy groups -OCH3 is 2. The number of hydrogen-bond donors (Lipinski definition) is 1. The number of fused-ring (bicyclic) bond motifs is 1. The van der Waals surface area contributed by atoms with Gasteiger partial charge in [-0.2, -0.15) is 4.98 Å². The number of Topliss-reactive ketones (excluding diaryl/α,β-unsaturated/α-hetero) is 1. The van der Waals surface area contributed by atoms with Crippen molar-refractivity contribution < 1.29 is 14.3 Å². The van der Waals surface area contributed by atoms with Crippen LogP contribution in [0.4, 0.5) is 5.95 Å². The molecule has 9 heteroatoms. The van der Waals surface area contributed by atoms with Crippen molar-refractivity contribution in [3.8, 4) is 22.9 Å². The van der Waals surface area contributed by atoms with Gasteiger partial charge in [-0.15, -0.1) is 5.10 Å². The number of ketones is 1. The summed E-state index contributed by atoms with van der Waals surface area (Å²) in [4.78, 5) is 17.7. The van der Waals surface area contributed by atoms with Gasteiger partial charge in [0.05, 0.1) is 14.2 Å². The highest BCUT2D eigenvalue weighted by molar-refractivity contribution is 6.35. The average molecular weight is 471 g/mol. The van der Waals surface area contributed by atoms with Gasteiger partial charge in [-0.25, -0.2) is 4.68 Å². The van der Waals surface area contributed by atoms with Crippen LogP contribution in [0.2, 0.25) is 10.0 Å². The third kappa shape index (κ3) is 3.42. The standard InChI is InChI=1S/C23H20Cl2N4O3/c1-31-18-9-6-12(10-19(18)32-2)22-27-23-26-16-4-3-5-17(30)20(16)21(29(23)28-22)14-8-7-13(24)11-15(14)25/h6-11,21H,3-5H2,1-2H3,(H,26,27,28). The van der Waals surface area contributed by atoms with Gasteiger partial charge < -0.3 is 14.8 Å². The van der Waals surface area contributed by atoms with Crippen LogP contribution in [0.3, 0.4) is 0 Å². The Balaban J connectivity index is 1.66. The first kappa shape index (κ1) is 20.8. The van der Waals surface area contributed by atoms with Crippen molar-refractivity contribution in [1.82, 2.24) is 14.8 Å². The lowest BCUT2D eigenvalue weighted by Crippen LogP contribution is -2.31. The number of nitrogens with zero attached hydrogens (tertiary/aromatic N) is 3. The van der Waals surface area contributed by atoms with Crippen LogP contribution in [0.25, 0.3) is 11.4 Å². The number of anilines is 1. The molecule has 5 rings (SSSR count). The normalized spacial score (nSPS) is 17.5. The van der Waals surface area contributed by atoms with E-state index in [1.807, 2.05) is 24.3 Å². The molecule has 0 amide bonds. The van der Waals surface area contributed by atoms with Crippen molar-refractivity contribution in [2.24, 2.45) is 0 Å². The lowest BCUT2D eigenvalue weighted by molar-refractivity contribution is -0.116. The van der Waals surface area contributed by atoms with Crippen LogP contribution in [0.15, 0.2) is 47.7 Å². The second-order valence-corrected chi connectivity index (χ2v) is 8.48. The highest BCUT2D eigenvalue weighted by Gasteiger charge is 2.37. The first-order valence-electron chi connectivity index (χ1n) is 10.2. The van der Waals surface area contributed by atoms with E-state index in [1.54, 1.807) is 31.0 Å². The minimum absolute atomic E-state index is 0.0867. The summed E-state index contributed by atoms with van der Waals surface area (Å²) < 4.78 is 12.5. The Morgan fingerprint density at radius 2 is 1.88 bits per heavy atom. The van der Waals surface area contributed by atoms with E-state index >= 15 is 0 Å². The number of carbonyl (C=O) groups excluding carboxylic acids is 1. The fourth-order valence-electron chi connectivity index (χ4n) is 4.26. The van der Waals surface area contributed by atoms with Gasteiger partial charge in [0.15, 0.2) is 23.1 Å². The number of carbonyl (C=O) groups is 1. The van der Waals surface area contributed by atoms with Crippen LogP contribution < -0.4 is 14.8 Å². The molecule has 1 N–H and O–H groups in total. The molecular formula is C23H20Cl2N4O3. The van der Waals surface area contributed by atoms with Crippen LogP contribution in [0, 0.1) is 0 Å². The Morgan fingerprint density at radius 1 is 1.06 bits per heavy atom. The van der Waals surface area contributed by atoms with Crippen molar-refractivity contribution in [3.05, 3.63) is 63.3 Å². The second-order valence-electron chi connectivity index (χ2n) is 7.64. The Hall–Kier alpha value is -3.03. The molecule has 0 saturated heterocycles. The smallest absolute Gasteiger partial charge is 0.226 e. The molecule has 32 heavy (non-hydrogen) atoms. The summed E-state index contributed by atoms with van der Waals surface area (Å²) in [6, 6.07) is 10.3. The monoisotopic (exact) mass is 470 g/mol. The molecule has 7 nitrogen and oxygen atoms in total. The van der Waals surface area contributed by atoms with Crippen molar-refractivity contribution in [2.45, 2.75) is 25.3 Å². The Bertz CT molecular complexity index is 1270.